The number of nitrogens with zero attached hydrogens (tertiary/aromatic N) is 2. The van der Waals surface area contributed by atoms with E-state index in [-0.39, 0.29) is 12.1 Å². The van der Waals surface area contributed by atoms with E-state index in [1.165, 1.54) is 6.20 Å². The van der Waals surface area contributed by atoms with Crippen molar-refractivity contribution in [2.45, 2.75) is 31.7 Å². The highest BCUT2D eigenvalue weighted by Crippen LogP contribution is 2.35. The van der Waals surface area contributed by atoms with Gasteiger partial charge in [0.1, 0.15) is 0 Å². The topological polar surface area (TPSA) is 37.4 Å². The number of thiazole rings is 1. The number of halogens is 3. The molecule has 2 heterocycles. The molecular formula is C13H20F3N3OS. The molecule has 0 saturated carbocycles. The summed E-state index contributed by atoms with van der Waals surface area (Å²) in [6.07, 6.45) is -2.32. The van der Waals surface area contributed by atoms with Gasteiger partial charge in [0.15, 0.2) is 5.01 Å². The Balaban J connectivity index is 2.16. The van der Waals surface area contributed by atoms with Crippen molar-refractivity contribution in [1.29, 1.82) is 0 Å². The van der Waals surface area contributed by atoms with E-state index in [1.54, 1.807) is 0 Å². The molecule has 0 spiro atoms. The van der Waals surface area contributed by atoms with E-state index < -0.39 is 11.2 Å². The largest absolute Gasteiger partial charge is 0.443 e. The molecule has 1 fully saturated rings. The van der Waals surface area contributed by atoms with E-state index >= 15 is 0 Å². The van der Waals surface area contributed by atoms with Crippen LogP contribution in [0.15, 0.2) is 6.20 Å². The zero-order valence-electron chi connectivity index (χ0n) is 12.1. The maximum atomic E-state index is 12.7. The Morgan fingerprint density at radius 2 is 2.33 bits per heavy atom. The minimum atomic E-state index is -4.39. The summed E-state index contributed by atoms with van der Waals surface area (Å²) in [5.74, 6) is 0. The Morgan fingerprint density at radius 3 is 2.90 bits per heavy atom. The lowest BCUT2D eigenvalue weighted by Crippen LogP contribution is -2.46. The Labute approximate surface area is 126 Å². The molecule has 21 heavy (non-hydrogen) atoms. The average Bonchev–Trinajstić information content (AvgIpc) is 2.89. The summed E-state index contributed by atoms with van der Waals surface area (Å²) in [7, 11) is 1.99. The lowest BCUT2D eigenvalue weighted by Gasteiger charge is -2.35. The first kappa shape index (κ1) is 16.7. The maximum Gasteiger partial charge on any atom is 0.443 e. The van der Waals surface area contributed by atoms with Gasteiger partial charge in [-0.25, -0.2) is 4.98 Å². The zero-order valence-corrected chi connectivity index (χ0v) is 12.9. The van der Waals surface area contributed by atoms with Gasteiger partial charge >= 0.3 is 6.18 Å². The van der Waals surface area contributed by atoms with Crippen molar-refractivity contribution in [2.24, 2.45) is 0 Å². The number of morpholine rings is 1. The SMILES string of the molecule is CCCNC(c1cnc(C(F)(F)F)s1)C1CN(C)CCO1. The Bertz CT molecular complexity index is 452. The first-order valence-electron chi connectivity index (χ1n) is 6.98. The van der Waals surface area contributed by atoms with Crippen molar-refractivity contribution < 1.29 is 17.9 Å². The number of nitrogens with one attached hydrogen (secondary N) is 1. The van der Waals surface area contributed by atoms with E-state index in [2.05, 4.69) is 15.2 Å². The van der Waals surface area contributed by atoms with Gasteiger partial charge in [0, 0.05) is 24.2 Å². The summed E-state index contributed by atoms with van der Waals surface area (Å²) in [5, 5.41) is 2.49. The molecule has 1 saturated heterocycles. The van der Waals surface area contributed by atoms with Gasteiger partial charge in [0.05, 0.1) is 18.8 Å². The van der Waals surface area contributed by atoms with E-state index in [1.807, 2.05) is 14.0 Å². The van der Waals surface area contributed by atoms with Crippen LogP contribution in [0.5, 0.6) is 0 Å². The first-order chi connectivity index (χ1) is 9.91. The first-order valence-corrected chi connectivity index (χ1v) is 7.80. The molecule has 8 heteroatoms. The van der Waals surface area contributed by atoms with Crippen LogP contribution in [-0.2, 0) is 10.9 Å². The molecule has 1 aromatic rings. The van der Waals surface area contributed by atoms with E-state index in [9.17, 15) is 13.2 Å². The van der Waals surface area contributed by atoms with Gasteiger partial charge in [-0.1, -0.05) is 6.92 Å². The van der Waals surface area contributed by atoms with Crippen LogP contribution in [0.4, 0.5) is 13.2 Å². The lowest BCUT2D eigenvalue weighted by atomic mass is 10.1. The fourth-order valence-electron chi connectivity index (χ4n) is 2.29. The van der Waals surface area contributed by atoms with Gasteiger partial charge in [0.25, 0.3) is 0 Å². The number of aromatic nitrogens is 1. The maximum absolute atomic E-state index is 12.7. The van der Waals surface area contributed by atoms with Crippen LogP contribution in [-0.4, -0.2) is 49.3 Å². The fraction of sp³-hybridized carbons (Fsp3) is 0.769. The summed E-state index contributed by atoms with van der Waals surface area (Å²) < 4.78 is 43.9. The van der Waals surface area contributed by atoms with Gasteiger partial charge in [-0.3, -0.25) is 0 Å². The number of hydrogen-bond acceptors (Lipinski definition) is 5. The summed E-state index contributed by atoms with van der Waals surface area (Å²) in [5.41, 5.74) is 0. The van der Waals surface area contributed by atoms with Crippen molar-refractivity contribution in [3.63, 3.8) is 0 Å². The molecule has 1 aliphatic heterocycles. The molecule has 0 radical (unpaired) electrons. The predicted octanol–water partition coefficient (Wildman–Crippen LogP) is 2.53. The normalized spacial score (nSPS) is 22.4. The van der Waals surface area contributed by atoms with Crippen molar-refractivity contribution >= 4 is 11.3 Å². The number of alkyl halides is 3. The summed E-state index contributed by atoms with van der Waals surface area (Å²) in [6.45, 7) is 4.88. The van der Waals surface area contributed by atoms with Gasteiger partial charge in [-0.15, -0.1) is 11.3 Å². The summed E-state index contributed by atoms with van der Waals surface area (Å²) >= 11 is 0.696. The molecule has 2 rings (SSSR count). The van der Waals surface area contributed by atoms with E-state index in [0.29, 0.717) is 29.4 Å². The van der Waals surface area contributed by atoms with Crippen LogP contribution in [0, 0.1) is 0 Å². The van der Waals surface area contributed by atoms with Crippen molar-refractivity contribution in [3.8, 4) is 0 Å². The molecule has 0 amide bonds. The van der Waals surface area contributed by atoms with Crippen molar-refractivity contribution in [2.75, 3.05) is 33.3 Å². The summed E-state index contributed by atoms with van der Waals surface area (Å²) in [6, 6.07) is -0.249. The molecule has 1 aliphatic rings. The molecule has 4 nitrogen and oxygen atoms in total. The standard InChI is InChI=1S/C13H20F3N3OS/c1-3-4-17-11(9-8-19(2)5-6-20-9)10-7-18-12(21-10)13(14,15)16/h7,9,11,17H,3-6,8H2,1-2H3. The zero-order chi connectivity index (χ0) is 15.5. The molecule has 120 valence electrons. The molecule has 1 aromatic heterocycles. The van der Waals surface area contributed by atoms with Gasteiger partial charge in [-0.2, -0.15) is 13.2 Å². The summed E-state index contributed by atoms with van der Waals surface area (Å²) in [4.78, 5) is 6.22. The Hall–Kier alpha value is -0.700. The average molecular weight is 323 g/mol. The van der Waals surface area contributed by atoms with Gasteiger partial charge in [-0.05, 0) is 20.0 Å². The second-order valence-corrected chi connectivity index (χ2v) is 6.23. The number of likely N-dealkylation sites (N-methyl/N-ethyl adjacent to an activating group) is 1. The smallest absolute Gasteiger partial charge is 0.374 e. The van der Waals surface area contributed by atoms with Crippen molar-refractivity contribution in [3.05, 3.63) is 16.1 Å². The lowest BCUT2D eigenvalue weighted by molar-refractivity contribution is -0.137. The number of ether oxygens (including phenoxy) is 1. The highest BCUT2D eigenvalue weighted by atomic mass is 32.1. The Morgan fingerprint density at radius 1 is 1.57 bits per heavy atom. The molecule has 0 aliphatic carbocycles. The van der Waals surface area contributed by atoms with Crippen LogP contribution in [0.1, 0.15) is 29.3 Å². The fourth-order valence-corrected chi connectivity index (χ4v) is 3.20. The number of hydrogen-bond donors (Lipinski definition) is 1. The molecule has 0 bridgehead atoms. The highest BCUT2D eigenvalue weighted by Gasteiger charge is 2.37. The second-order valence-electron chi connectivity index (χ2n) is 5.17. The molecule has 0 aromatic carbocycles. The molecule has 2 unspecified atom stereocenters. The Kier molecular flexibility index (Phi) is 5.59. The van der Waals surface area contributed by atoms with E-state index in [0.717, 1.165) is 19.5 Å². The quantitative estimate of drug-likeness (QED) is 0.903. The third kappa shape index (κ3) is 4.38. The van der Waals surface area contributed by atoms with Gasteiger partial charge in [0.2, 0.25) is 0 Å². The van der Waals surface area contributed by atoms with Crippen LogP contribution >= 0.6 is 11.3 Å². The minimum Gasteiger partial charge on any atom is -0.374 e. The minimum absolute atomic E-state index is 0.156. The number of rotatable bonds is 5. The molecule has 1 N–H and O–H groups in total. The second kappa shape index (κ2) is 7.04. The van der Waals surface area contributed by atoms with Crippen LogP contribution < -0.4 is 5.32 Å². The highest BCUT2D eigenvalue weighted by molar-refractivity contribution is 7.11. The predicted molar refractivity (Wildman–Crippen MR) is 75.4 cm³/mol. The third-order valence-electron chi connectivity index (χ3n) is 3.36. The van der Waals surface area contributed by atoms with Crippen LogP contribution in [0.25, 0.3) is 0 Å². The third-order valence-corrected chi connectivity index (χ3v) is 4.48. The van der Waals surface area contributed by atoms with Crippen molar-refractivity contribution in [1.82, 2.24) is 15.2 Å². The van der Waals surface area contributed by atoms with Gasteiger partial charge < -0.3 is 15.0 Å². The van der Waals surface area contributed by atoms with Crippen LogP contribution in [0.3, 0.4) is 0 Å². The van der Waals surface area contributed by atoms with E-state index in [4.69, 9.17) is 4.74 Å². The monoisotopic (exact) mass is 323 g/mol. The molecular weight excluding hydrogens is 303 g/mol. The van der Waals surface area contributed by atoms with Crippen LogP contribution in [0.2, 0.25) is 0 Å². The molecule has 2 atom stereocenters.